The van der Waals surface area contributed by atoms with Gasteiger partial charge in [0.05, 0.1) is 0 Å². The van der Waals surface area contributed by atoms with Crippen LogP contribution in [0.2, 0.25) is 0 Å². The van der Waals surface area contributed by atoms with E-state index < -0.39 is 12.1 Å². The van der Waals surface area contributed by atoms with Crippen LogP contribution in [0.1, 0.15) is 46.9 Å². The van der Waals surface area contributed by atoms with E-state index in [9.17, 15) is 18.0 Å². The standard InChI is InChI=1S/C20H25N3O.C2HF3O2/c1-22(2)18-14-20(16-7-4-3-6-15(16)18)9-12-23(13-10-20)19(24)17-8-5-11-21-17;3-2(4,5)1(6)7/h3-8,11,18,21H,9-10,12-14H2,1-2H3;(H,6,7). The maximum absolute atomic E-state index is 12.6. The molecule has 6 nitrogen and oxygen atoms in total. The van der Waals surface area contributed by atoms with E-state index in [2.05, 4.69) is 48.2 Å². The van der Waals surface area contributed by atoms with Gasteiger partial charge in [-0.15, -0.1) is 0 Å². The van der Waals surface area contributed by atoms with Gasteiger partial charge >= 0.3 is 12.1 Å². The Kier molecular flexibility index (Phi) is 6.45. The molecule has 0 saturated carbocycles. The zero-order chi connectivity index (χ0) is 22.8. The van der Waals surface area contributed by atoms with Gasteiger partial charge < -0.3 is 19.9 Å². The summed E-state index contributed by atoms with van der Waals surface area (Å²) >= 11 is 0. The van der Waals surface area contributed by atoms with Gasteiger partial charge in [-0.05, 0) is 56.6 Å². The number of alkyl halides is 3. The van der Waals surface area contributed by atoms with Gasteiger partial charge in [-0.2, -0.15) is 13.2 Å². The third kappa shape index (κ3) is 4.76. The molecule has 0 radical (unpaired) electrons. The zero-order valence-corrected chi connectivity index (χ0v) is 17.4. The molecule has 2 heterocycles. The number of aromatic amines is 1. The summed E-state index contributed by atoms with van der Waals surface area (Å²) in [6, 6.07) is 13.1. The van der Waals surface area contributed by atoms with Crippen LogP contribution in [0.4, 0.5) is 13.2 Å². The van der Waals surface area contributed by atoms with Crippen LogP contribution in [-0.2, 0) is 10.2 Å². The summed E-state index contributed by atoms with van der Waals surface area (Å²) in [5.41, 5.74) is 3.92. The molecule has 9 heteroatoms. The van der Waals surface area contributed by atoms with Crippen LogP contribution >= 0.6 is 0 Å². The highest BCUT2D eigenvalue weighted by atomic mass is 19.4. The molecule has 1 amide bonds. The van der Waals surface area contributed by atoms with E-state index in [1.165, 1.54) is 17.5 Å². The van der Waals surface area contributed by atoms with E-state index in [4.69, 9.17) is 9.90 Å². The number of likely N-dealkylation sites (tertiary alicyclic amines) is 1. The van der Waals surface area contributed by atoms with Crippen molar-refractivity contribution in [1.82, 2.24) is 14.8 Å². The summed E-state index contributed by atoms with van der Waals surface area (Å²) in [4.78, 5) is 28.8. The molecule has 1 aromatic carbocycles. The van der Waals surface area contributed by atoms with Gasteiger partial charge in [-0.25, -0.2) is 4.79 Å². The average Bonchev–Trinajstić information content (AvgIpc) is 3.36. The lowest BCUT2D eigenvalue weighted by molar-refractivity contribution is -0.192. The summed E-state index contributed by atoms with van der Waals surface area (Å²) in [7, 11) is 4.34. The molecule has 1 saturated heterocycles. The van der Waals surface area contributed by atoms with Crippen LogP contribution in [-0.4, -0.2) is 65.1 Å². The Morgan fingerprint density at radius 2 is 1.74 bits per heavy atom. The second-order valence-electron chi connectivity index (χ2n) is 8.23. The van der Waals surface area contributed by atoms with Crippen LogP contribution in [0.3, 0.4) is 0 Å². The number of benzene rings is 1. The van der Waals surface area contributed by atoms with Gasteiger partial charge in [-0.1, -0.05) is 24.3 Å². The van der Waals surface area contributed by atoms with E-state index in [0.717, 1.165) is 25.9 Å². The molecular formula is C22H26F3N3O3. The van der Waals surface area contributed by atoms with Gasteiger partial charge in [-0.3, -0.25) is 4.79 Å². The molecule has 168 valence electrons. The number of H-pyrrole nitrogens is 1. The minimum absolute atomic E-state index is 0.130. The third-order valence-corrected chi connectivity index (χ3v) is 6.18. The maximum atomic E-state index is 12.6. The number of hydrogen-bond donors (Lipinski definition) is 2. The van der Waals surface area contributed by atoms with Crippen LogP contribution in [0, 0.1) is 0 Å². The highest BCUT2D eigenvalue weighted by Gasteiger charge is 2.46. The number of fused-ring (bicyclic) bond motifs is 2. The van der Waals surface area contributed by atoms with E-state index >= 15 is 0 Å². The number of carboxylic acids is 1. The van der Waals surface area contributed by atoms with Crippen molar-refractivity contribution in [2.75, 3.05) is 27.2 Å². The van der Waals surface area contributed by atoms with Crippen molar-refractivity contribution in [3.05, 3.63) is 59.4 Å². The first-order chi connectivity index (χ1) is 14.5. The summed E-state index contributed by atoms with van der Waals surface area (Å²) in [5, 5.41) is 7.12. The summed E-state index contributed by atoms with van der Waals surface area (Å²) in [5.74, 6) is -2.63. The molecule has 4 rings (SSSR count). The molecule has 1 aromatic heterocycles. The monoisotopic (exact) mass is 437 g/mol. The van der Waals surface area contributed by atoms with Crippen molar-refractivity contribution in [3.8, 4) is 0 Å². The molecule has 1 aliphatic heterocycles. The number of halogens is 3. The number of rotatable bonds is 2. The number of aromatic nitrogens is 1. The van der Waals surface area contributed by atoms with Gasteiger partial charge in [0.25, 0.3) is 5.91 Å². The quantitative estimate of drug-likeness (QED) is 0.749. The number of carbonyl (C=O) groups is 2. The molecule has 31 heavy (non-hydrogen) atoms. The van der Waals surface area contributed by atoms with Crippen molar-refractivity contribution in [2.24, 2.45) is 0 Å². The van der Waals surface area contributed by atoms with E-state index in [1.54, 1.807) is 0 Å². The topological polar surface area (TPSA) is 76.6 Å². The Bertz CT molecular complexity index is 918. The number of carboxylic acid groups (broad SMARTS) is 1. The summed E-state index contributed by atoms with van der Waals surface area (Å²) in [6.45, 7) is 1.68. The molecule has 2 aromatic rings. The summed E-state index contributed by atoms with van der Waals surface area (Å²) < 4.78 is 31.7. The SMILES string of the molecule is CN(C)C1CC2(CCN(C(=O)c3ccc[nH]3)CC2)c2ccccc21.O=C(O)C(F)(F)F. The molecule has 1 fully saturated rings. The number of nitrogens with one attached hydrogen (secondary N) is 1. The van der Waals surface area contributed by atoms with Crippen LogP contribution in [0.25, 0.3) is 0 Å². The average molecular weight is 437 g/mol. The summed E-state index contributed by atoms with van der Waals surface area (Å²) in [6.07, 6.45) is 0.0129. The Morgan fingerprint density at radius 1 is 1.13 bits per heavy atom. The molecule has 1 spiro atoms. The van der Waals surface area contributed by atoms with Crippen molar-refractivity contribution < 1.29 is 27.9 Å². The molecular weight excluding hydrogens is 411 g/mol. The lowest BCUT2D eigenvalue weighted by Crippen LogP contribution is -2.44. The predicted octanol–water partition coefficient (Wildman–Crippen LogP) is 3.83. The Balaban J connectivity index is 0.000000339. The first kappa shape index (κ1) is 22.9. The van der Waals surface area contributed by atoms with Crippen molar-refractivity contribution in [1.29, 1.82) is 0 Å². The van der Waals surface area contributed by atoms with Gasteiger partial charge in [0.15, 0.2) is 0 Å². The number of piperidine rings is 1. The highest BCUT2D eigenvalue weighted by Crippen LogP contribution is 2.52. The second-order valence-corrected chi connectivity index (χ2v) is 8.23. The van der Waals surface area contributed by atoms with E-state index in [0.29, 0.717) is 11.7 Å². The third-order valence-electron chi connectivity index (χ3n) is 6.18. The largest absolute Gasteiger partial charge is 0.490 e. The smallest absolute Gasteiger partial charge is 0.475 e. The van der Waals surface area contributed by atoms with Gasteiger partial charge in [0, 0.05) is 30.7 Å². The second kappa shape index (κ2) is 8.74. The predicted molar refractivity (Wildman–Crippen MR) is 109 cm³/mol. The number of hydrogen-bond acceptors (Lipinski definition) is 3. The number of aliphatic carboxylic acids is 1. The first-order valence-electron chi connectivity index (χ1n) is 10.0. The van der Waals surface area contributed by atoms with E-state index in [-0.39, 0.29) is 11.3 Å². The van der Waals surface area contributed by atoms with Crippen LogP contribution < -0.4 is 0 Å². The molecule has 1 aliphatic carbocycles. The zero-order valence-electron chi connectivity index (χ0n) is 17.4. The van der Waals surface area contributed by atoms with Crippen molar-refractivity contribution in [2.45, 2.75) is 36.9 Å². The fourth-order valence-electron chi connectivity index (χ4n) is 4.57. The number of nitrogens with zero attached hydrogens (tertiary/aromatic N) is 2. The van der Waals surface area contributed by atoms with E-state index in [1.807, 2.05) is 23.2 Å². The number of carbonyl (C=O) groups excluding carboxylic acids is 1. The fraction of sp³-hybridized carbons (Fsp3) is 0.455. The van der Waals surface area contributed by atoms with Gasteiger partial charge in [0.2, 0.25) is 0 Å². The highest BCUT2D eigenvalue weighted by molar-refractivity contribution is 5.92. The fourth-order valence-corrected chi connectivity index (χ4v) is 4.57. The lowest BCUT2D eigenvalue weighted by Gasteiger charge is -2.40. The van der Waals surface area contributed by atoms with Crippen LogP contribution in [0.5, 0.6) is 0 Å². The molecule has 1 unspecified atom stereocenters. The molecule has 1 atom stereocenters. The van der Waals surface area contributed by atoms with Crippen molar-refractivity contribution in [3.63, 3.8) is 0 Å². The Labute approximate surface area is 178 Å². The Morgan fingerprint density at radius 3 is 2.26 bits per heavy atom. The normalized spacial score (nSPS) is 19.7. The van der Waals surface area contributed by atoms with Gasteiger partial charge in [0.1, 0.15) is 5.69 Å². The molecule has 2 aliphatic rings. The molecule has 2 N–H and O–H groups in total. The molecule has 0 bridgehead atoms. The van der Waals surface area contributed by atoms with Crippen LogP contribution in [0.15, 0.2) is 42.6 Å². The Hall–Kier alpha value is -2.81. The number of amides is 1. The lowest BCUT2D eigenvalue weighted by atomic mass is 9.73. The van der Waals surface area contributed by atoms with Crippen molar-refractivity contribution >= 4 is 11.9 Å². The minimum atomic E-state index is -5.08. The minimum Gasteiger partial charge on any atom is -0.475 e. The first-order valence-corrected chi connectivity index (χ1v) is 10.0. The maximum Gasteiger partial charge on any atom is 0.490 e.